The van der Waals surface area contributed by atoms with Crippen LogP contribution < -0.4 is 5.73 Å². The minimum absolute atomic E-state index is 0.472. The SMILES string of the molecule is Cc1c(Cl)cnn1Cc1occc1CN. The van der Waals surface area contributed by atoms with Crippen LogP contribution in [-0.4, -0.2) is 9.78 Å². The summed E-state index contributed by atoms with van der Waals surface area (Å²) in [7, 11) is 0. The molecule has 0 spiro atoms. The summed E-state index contributed by atoms with van der Waals surface area (Å²) in [5.41, 5.74) is 7.50. The second-order valence-corrected chi connectivity index (χ2v) is 3.72. The largest absolute Gasteiger partial charge is 0.467 e. The molecule has 0 unspecified atom stereocenters. The fourth-order valence-electron chi connectivity index (χ4n) is 1.41. The van der Waals surface area contributed by atoms with Crippen molar-refractivity contribution in [2.24, 2.45) is 5.73 Å². The molecule has 0 fully saturated rings. The van der Waals surface area contributed by atoms with Crippen molar-refractivity contribution >= 4 is 11.6 Å². The molecule has 80 valence electrons. The highest BCUT2D eigenvalue weighted by Gasteiger charge is 2.09. The number of furan rings is 1. The van der Waals surface area contributed by atoms with Gasteiger partial charge in [-0.2, -0.15) is 5.10 Å². The first-order chi connectivity index (χ1) is 7.22. The van der Waals surface area contributed by atoms with E-state index in [0.29, 0.717) is 18.1 Å². The number of nitrogens with zero attached hydrogens (tertiary/aromatic N) is 2. The van der Waals surface area contributed by atoms with Gasteiger partial charge in [0.15, 0.2) is 0 Å². The van der Waals surface area contributed by atoms with Gasteiger partial charge in [0.05, 0.1) is 29.7 Å². The highest BCUT2D eigenvalue weighted by Crippen LogP contribution is 2.17. The molecule has 0 saturated heterocycles. The van der Waals surface area contributed by atoms with Crippen molar-refractivity contribution in [1.82, 2.24) is 9.78 Å². The Morgan fingerprint density at radius 1 is 1.60 bits per heavy atom. The molecule has 0 aliphatic heterocycles. The molecule has 2 aromatic rings. The van der Waals surface area contributed by atoms with Crippen molar-refractivity contribution in [2.45, 2.75) is 20.0 Å². The minimum Gasteiger partial charge on any atom is -0.467 e. The molecule has 2 heterocycles. The number of halogens is 1. The van der Waals surface area contributed by atoms with Crippen LogP contribution >= 0.6 is 11.6 Å². The summed E-state index contributed by atoms with van der Waals surface area (Å²) < 4.78 is 7.13. The zero-order valence-electron chi connectivity index (χ0n) is 8.40. The Hall–Kier alpha value is -1.26. The molecular formula is C10H12ClN3O. The van der Waals surface area contributed by atoms with Crippen molar-refractivity contribution in [3.8, 4) is 0 Å². The van der Waals surface area contributed by atoms with Gasteiger partial charge in [-0.3, -0.25) is 4.68 Å². The molecule has 0 radical (unpaired) electrons. The van der Waals surface area contributed by atoms with Crippen LogP contribution in [0.15, 0.2) is 22.9 Å². The highest BCUT2D eigenvalue weighted by atomic mass is 35.5. The monoisotopic (exact) mass is 225 g/mol. The molecule has 2 N–H and O–H groups in total. The lowest BCUT2D eigenvalue weighted by Crippen LogP contribution is -2.06. The first-order valence-electron chi connectivity index (χ1n) is 4.65. The quantitative estimate of drug-likeness (QED) is 0.869. The Morgan fingerprint density at radius 3 is 3.00 bits per heavy atom. The molecule has 5 heteroatoms. The summed E-state index contributed by atoms with van der Waals surface area (Å²) in [4.78, 5) is 0. The molecule has 0 aliphatic carbocycles. The maximum atomic E-state index is 5.90. The van der Waals surface area contributed by atoms with Crippen molar-refractivity contribution < 1.29 is 4.42 Å². The lowest BCUT2D eigenvalue weighted by Gasteiger charge is -2.03. The van der Waals surface area contributed by atoms with Crippen LogP contribution in [0, 0.1) is 6.92 Å². The third kappa shape index (κ3) is 1.91. The number of nitrogens with two attached hydrogens (primary N) is 1. The van der Waals surface area contributed by atoms with Gasteiger partial charge in [0.1, 0.15) is 5.76 Å². The Morgan fingerprint density at radius 2 is 2.40 bits per heavy atom. The van der Waals surface area contributed by atoms with Gasteiger partial charge >= 0.3 is 0 Å². The summed E-state index contributed by atoms with van der Waals surface area (Å²) in [5, 5.41) is 4.81. The van der Waals surface area contributed by atoms with Crippen molar-refractivity contribution in [1.29, 1.82) is 0 Å². The maximum absolute atomic E-state index is 5.90. The second-order valence-electron chi connectivity index (χ2n) is 3.31. The predicted molar refractivity (Wildman–Crippen MR) is 57.7 cm³/mol. The minimum atomic E-state index is 0.472. The first kappa shape index (κ1) is 10.3. The van der Waals surface area contributed by atoms with Crippen molar-refractivity contribution in [2.75, 3.05) is 0 Å². The van der Waals surface area contributed by atoms with Crippen LogP contribution in [0.4, 0.5) is 0 Å². The number of aromatic nitrogens is 2. The Kier molecular flexibility index (Phi) is 2.79. The Balaban J connectivity index is 2.25. The van der Waals surface area contributed by atoms with E-state index < -0.39 is 0 Å². The van der Waals surface area contributed by atoms with E-state index in [0.717, 1.165) is 17.0 Å². The van der Waals surface area contributed by atoms with Gasteiger partial charge in [-0.25, -0.2) is 0 Å². The maximum Gasteiger partial charge on any atom is 0.129 e. The van der Waals surface area contributed by atoms with Crippen LogP contribution in [0.3, 0.4) is 0 Å². The van der Waals surface area contributed by atoms with E-state index in [1.54, 1.807) is 17.1 Å². The zero-order valence-corrected chi connectivity index (χ0v) is 9.16. The summed E-state index contributed by atoms with van der Waals surface area (Å²) in [6.07, 6.45) is 3.26. The molecule has 0 aromatic carbocycles. The molecule has 2 aromatic heterocycles. The third-order valence-corrected chi connectivity index (χ3v) is 2.77. The molecule has 2 rings (SSSR count). The summed E-state index contributed by atoms with van der Waals surface area (Å²) in [6, 6.07) is 1.87. The van der Waals surface area contributed by atoms with E-state index in [9.17, 15) is 0 Å². The van der Waals surface area contributed by atoms with Crippen LogP contribution in [0.1, 0.15) is 17.0 Å². The first-order valence-corrected chi connectivity index (χ1v) is 5.03. The van der Waals surface area contributed by atoms with Crippen LogP contribution in [0.5, 0.6) is 0 Å². The highest BCUT2D eigenvalue weighted by molar-refractivity contribution is 6.31. The molecule has 4 nitrogen and oxygen atoms in total. The van der Waals surface area contributed by atoms with Crippen molar-refractivity contribution in [3.63, 3.8) is 0 Å². The normalized spacial score (nSPS) is 10.9. The van der Waals surface area contributed by atoms with Crippen LogP contribution in [0.2, 0.25) is 5.02 Å². The summed E-state index contributed by atoms with van der Waals surface area (Å²) in [5.74, 6) is 0.834. The van der Waals surface area contributed by atoms with E-state index >= 15 is 0 Å². The van der Waals surface area contributed by atoms with Gasteiger partial charge in [0, 0.05) is 12.1 Å². The average molecular weight is 226 g/mol. The smallest absolute Gasteiger partial charge is 0.129 e. The van der Waals surface area contributed by atoms with E-state index in [4.69, 9.17) is 21.8 Å². The second kappa shape index (κ2) is 4.08. The van der Waals surface area contributed by atoms with Crippen LogP contribution in [0.25, 0.3) is 0 Å². The summed E-state index contributed by atoms with van der Waals surface area (Å²) >= 11 is 5.90. The fourth-order valence-corrected chi connectivity index (χ4v) is 1.55. The van der Waals surface area contributed by atoms with Gasteiger partial charge in [-0.15, -0.1) is 0 Å². The molecule has 0 amide bonds. The van der Waals surface area contributed by atoms with Crippen LogP contribution in [-0.2, 0) is 13.1 Å². The standard InChI is InChI=1S/C10H12ClN3O/c1-7-9(11)5-13-14(7)6-10-8(4-12)2-3-15-10/h2-3,5H,4,6,12H2,1H3. The third-order valence-electron chi connectivity index (χ3n) is 2.39. The zero-order chi connectivity index (χ0) is 10.8. The van der Waals surface area contributed by atoms with E-state index in [1.165, 1.54) is 0 Å². The molecular weight excluding hydrogens is 214 g/mol. The van der Waals surface area contributed by atoms with Gasteiger partial charge < -0.3 is 10.2 Å². The number of rotatable bonds is 3. The van der Waals surface area contributed by atoms with Gasteiger partial charge in [0.25, 0.3) is 0 Å². The molecule has 0 saturated carbocycles. The molecule has 0 atom stereocenters. The molecule has 15 heavy (non-hydrogen) atoms. The van der Waals surface area contributed by atoms with Gasteiger partial charge in [-0.05, 0) is 13.0 Å². The van der Waals surface area contributed by atoms with E-state index in [-0.39, 0.29) is 0 Å². The lowest BCUT2D eigenvalue weighted by molar-refractivity contribution is 0.472. The van der Waals surface area contributed by atoms with E-state index in [1.807, 2.05) is 13.0 Å². The lowest BCUT2D eigenvalue weighted by atomic mass is 10.2. The topological polar surface area (TPSA) is 57.0 Å². The predicted octanol–water partition coefficient (Wildman–Crippen LogP) is 1.94. The number of hydrogen-bond acceptors (Lipinski definition) is 3. The number of hydrogen-bond donors (Lipinski definition) is 1. The average Bonchev–Trinajstić information content (AvgIpc) is 2.80. The fraction of sp³-hybridized carbons (Fsp3) is 0.300. The molecule has 0 bridgehead atoms. The van der Waals surface area contributed by atoms with Gasteiger partial charge in [-0.1, -0.05) is 11.6 Å². The summed E-state index contributed by atoms with van der Waals surface area (Å²) in [6.45, 7) is 2.96. The van der Waals surface area contributed by atoms with Gasteiger partial charge in [0.2, 0.25) is 0 Å². The molecule has 0 aliphatic rings. The van der Waals surface area contributed by atoms with Crippen molar-refractivity contribution in [3.05, 3.63) is 40.6 Å². The van der Waals surface area contributed by atoms with E-state index in [2.05, 4.69) is 5.10 Å². The Bertz CT molecular complexity index is 461. The Labute approximate surface area is 92.6 Å².